The number of nitrogens with two attached hydrogens (primary N) is 1. The van der Waals surface area contributed by atoms with Gasteiger partial charge in [-0.2, -0.15) is 0 Å². The van der Waals surface area contributed by atoms with E-state index in [1.165, 1.54) is 0 Å². The molecule has 0 atom stereocenters. The van der Waals surface area contributed by atoms with Crippen LogP contribution in [-0.4, -0.2) is 24.4 Å². The van der Waals surface area contributed by atoms with E-state index in [0.717, 1.165) is 34.4 Å². The molecule has 0 aliphatic rings. The molecule has 104 valence electrons. The fraction of sp³-hybridized carbons (Fsp3) is 0.200. The fourth-order valence-corrected chi connectivity index (χ4v) is 2.37. The first-order chi connectivity index (χ1) is 9.58. The number of pyridine rings is 1. The molecule has 0 aliphatic carbocycles. The van der Waals surface area contributed by atoms with E-state index in [1.807, 2.05) is 43.4 Å². The third kappa shape index (κ3) is 3.57. The van der Waals surface area contributed by atoms with E-state index < -0.39 is 0 Å². The Kier molecular flexibility index (Phi) is 4.74. The van der Waals surface area contributed by atoms with E-state index in [-0.39, 0.29) is 5.84 Å². The van der Waals surface area contributed by atoms with Crippen LogP contribution in [-0.2, 0) is 6.42 Å². The van der Waals surface area contributed by atoms with Crippen LogP contribution in [0.25, 0.3) is 0 Å². The van der Waals surface area contributed by atoms with Gasteiger partial charge in [-0.1, -0.05) is 22.0 Å². The van der Waals surface area contributed by atoms with E-state index in [9.17, 15) is 0 Å². The second-order valence-electron chi connectivity index (χ2n) is 4.57. The summed E-state index contributed by atoms with van der Waals surface area (Å²) in [5, 5.41) is 7.68. The standard InChI is InChI=1S/C15H17BrN4/c1-20(9-7-12-4-2-3-8-19-12)14-6-5-11(16)10-13(14)15(17)18/h2-6,8,10H,7,9H2,1H3,(H3,17,18). The number of benzene rings is 1. The summed E-state index contributed by atoms with van der Waals surface area (Å²) in [5.74, 6) is 0.0750. The lowest BCUT2D eigenvalue weighted by molar-refractivity contribution is 0.851. The quantitative estimate of drug-likeness (QED) is 0.653. The largest absolute Gasteiger partial charge is 0.384 e. The van der Waals surface area contributed by atoms with Crippen LogP contribution >= 0.6 is 15.9 Å². The second-order valence-corrected chi connectivity index (χ2v) is 5.48. The van der Waals surface area contributed by atoms with E-state index in [2.05, 4.69) is 25.8 Å². The van der Waals surface area contributed by atoms with Crippen molar-refractivity contribution in [2.75, 3.05) is 18.5 Å². The third-order valence-electron chi connectivity index (χ3n) is 3.09. The van der Waals surface area contributed by atoms with Gasteiger partial charge in [0.05, 0.1) is 0 Å². The maximum absolute atomic E-state index is 7.68. The average Bonchev–Trinajstić information content (AvgIpc) is 2.45. The van der Waals surface area contributed by atoms with Gasteiger partial charge in [0.15, 0.2) is 0 Å². The van der Waals surface area contributed by atoms with Crippen LogP contribution in [0.3, 0.4) is 0 Å². The first kappa shape index (κ1) is 14.5. The number of nitrogen functional groups attached to an aromatic ring is 1. The second kappa shape index (κ2) is 6.52. The molecule has 20 heavy (non-hydrogen) atoms. The Balaban J connectivity index is 2.13. The van der Waals surface area contributed by atoms with Crippen LogP contribution in [0.5, 0.6) is 0 Å². The maximum atomic E-state index is 7.68. The van der Waals surface area contributed by atoms with Crippen molar-refractivity contribution in [1.82, 2.24) is 4.98 Å². The summed E-state index contributed by atoms with van der Waals surface area (Å²) in [7, 11) is 2.00. The molecule has 0 aliphatic heterocycles. The Labute approximate surface area is 127 Å². The SMILES string of the molecule is CN(CCc1ccccn1)c1ccc(Br)cc1C(=N)N. The lowest BCUT2D eigenvalue weighted by atomic mass is 10.1. The zero-order valence-corrected chi connectivity index (χ0v) is 12.9. The summed E-state index contributed by atoms with van der Waals surface area (Å²) >= 11 is 3.41. The summed E-state index contributed by atoms with van der Waals surface area (Å²) in [6.45, 7) is 0.818. The summed E-state index contributed by atoms with van der Waals surface area (Å²) in [4.78, 5) is 6.41. The normalized spacial score (nSPS) is 10.3. The molecule has 0 spiro atoms. The molecule has 1 heterocycles. The molecule has 0 bridgehead atoms. The monoisotopic (exact) mass is 332 g/mol. The smallest absolute Gasteiger partial charge is 0.124 e. The number of halogens is 1. The number of likely N-dealkylation sites (N-methyl/N-ethyl adjacent to an activating group) is 1. The average molecular weight is 333 g/mol. The number of rotatable bonds is 5. The van der Waals surface area contributed by atoms with Gasteiger partial charge in [-0.15, -0.1) is 0 Å². The lowest BCUT2D eigenvalue weighted by Gasteiger charge is -2.22. The highest BCUT2D eigenvalue weighted by Gasteiger charge is 2.10. The molecule has 4 nitrogen and oxygen atoms in total. The predicted molar refractivity (Wildman–Crippen MR) is 86.4 cm³/mol. The molecular weight excluding hydrogens is 316 g/mol. The van der Waals surface area contributed by atoms with E-state index >= 15 is 0 Å². The topological polar surface area (TPSA) is 66.0 Å². The number of hydrogen-bond donors (Lipinski definition) is 2. The van der Waals surface area contributed by atoms with Crippen LogP contribution in [0.1, 0.15) is 11.3 Å². The Morgan fingerprint density at radius 1 is 1.35 bits per heavy atom. The highest BCUT2D eigenvalue weighted by Crippen LogP contribution is 2.23. The fourth-order valence-electron chi connectivity index (χ4n) is 2.01. The highest BCUT2D eigenvalue weighted by molar-refractivity contribution is 9.10. The minimum atomic E-state index is 0.0750. The first-order valence-electron chi connectivity index (χ1n) is 6.33. The van der Waals surface area contributed by atoms with E-state index in [1.54, 1.807) is 6.20 Å². The number of hydrogen-bond acceptors (Lipinski definition) is 3. The maximum Gasteiger partial charge on any atom is 0.124 e. The molecule has 3 N–H and O–H groups in total. The molecule has 0 fully saturated rings. The number of aromatic nitrogens is 1. The van der Waals surface area contributed by atoms with Gasteiger partial charge in [0.25, 0.3) is 0 Å². The van der Waals surface area contributed by atoms with Crippen molar-refractivity contribution in [3.8, 4) is 0 Å². The Morgan fingerprint density at radius 3 is 2.80 bits per heavy atom. The molecule has 0 amide bonds. The molecular formula is C15H17BrN4. The van der Waals surface area contributed by atoms with Crippen molar-refractivity contribution in [3.63, 3.8) is 0 Å². The van der Waals surface area contributed by atoms with Crippen LogP contribution in [0.15, 0.2) is 47.1 Å². The van der Waals surface area contributed by atoms with Crippen molar-refractivity contribution in [2.24, 2.45) is 5.73 Å². The zero-order chi connectivity index (χ0) is 14.5. The Hall–Kier alpha value is -1.88. The van der Waals surface area contributed by atoms with Crippen LogP contribution < -0.4 is 10.6 Å². The van der Waals surface area contributed by atoms with Gasteiger partial charge >= 0.3 is 0 Å². The van der Waals surface area contributed by atoms with Gasteiger partial charge in [-0.25, -0.2) is 0 Å². The molecule has 5 heteroatoms. The van der Waals surface area contributed by atoms with Crippen molar-refractivity contribution in [3.05, 3.63) is 58.3 Å². The van der Waals surface area contributed by atoms with Crippen LogP contribution in [0.4, 0.5) is 5.69 Å². The summed E-state index contributed by atoms with van der Waals surface area (Å²) in [6.07, 6.45) is 2.65. The van der Waals surface area contributed by atoms with Gasteiger partial charge in [-0.3, -0.25) is 10.4 Å². The van der Waals surface area contributed by atoms with Crippen molar-refractivity contribution in [2.45, 2.75) is 6.42 Å². The Morgan fingerprint density at radius 2 is 2.15 bits per heavy atom. The minimum Gasteiger partial charge on any atom is -0.384 e. The van der Waals surface area contributed by atoms with E-state index in [0.29, 0.717) is 0 Å². The molecule has 1 aromatic heterocycles. The van der Waals surface area contributed by atoms with Crippen LogP contribution in [0, 0.1) is 5.41 Å². The number of nitrogens with one attached hydrogen (secondary N) is 1. The Bertz CT molecular complexity index is 598. The number of anilines is 1. The molecule has 2 aromatic rings. The minimum absolute atomic E-state index is 0.0750. The lowest BCUT2D eigenvalue weighted by Crippen LogP contribution is -2.24. The molecule has 0 radical (unpaired) electrons. The van der Waals surface area contributed by atoms with Crippen molar-refractivity contribution < 1.29 is 0 Å². The van der Waals surface area contributed by atoms with Gasteiger partial charge in [0.2, 0.25) is 0 Å². The van der Waals surface area contributed by atoms with E-state index in [4.69, 9.17) is 11.1 Å². The number of nitrogens with zero attached hydrogens (tertiary/aromatic N) is 2. The molecule has 0 saturated heterocycles. The molecule has 0 unspecified atom stereocenters. The van der Waals surface area contributed by atoms with Crippen molar-refractivity contribution >= 4 is 27.5 Å². The molecule has 2 rings (SSSR count). The van der Waals surface area contributed by atoms with Crippen LogP contribution in [0.2, 0.25) is 0 Å². The molecule has 1 aromatic carbocycles. The third-order valence-corrected chi connectivity index (χ3v) is 3.58. The van der Waals surface area contributed by atoms with Gasteiger partial charge < -0.3 is 10.6 Å². The summed E-state index contributed by atoms with van der Waals surface area (Å²) < 4.78 is 0.921. The zero-order valence-electron chi connectivity index (χ0n) is 11.3. The first-order valence-corrected chi connectivity index (χ1v) is 7.12. The van der Waals surface area contributed by atoms with Gasteiger partial charge in [0.1, 0.15) is 5.84 Å². The highest BCUT2D eigenvalue weighted by atomic mass is 79.9. The number of amidine groups is 1. The van der Waals surface area contributed by atoms with Gasteiger partial charge in [0, 0.05) is 47.6 Å². The summed E-state index contributed by atoms with van der Waals surface area (Å²) in [5.41, 5.74) is 8.40. The predicted octanol–water partition coefficient (Wildman–Crippen LogP) is 2.81. The van der Waals surface area contributed by atoms with Gasteiger partial charge in [-0.05, 0) is 30.3 Å². The van der Waals surface area contributed by atoms with Crippen molar-refractivity contribution in [1.29, 1.82) is 5.41 Å². The summed E-state index contributed by atoms with van der Waals surface area (Å²) in [6, 6.07) is 11.7. The molecule has 0 saturated carbocycles.